The first-order valence-electron chi connectivity index (χ1n) is 14.1. The van der Waals surface area contributed by atoms with Gasteiger partial charge in [-0.3, -0.25) is 0 Å². The standard InChI is InChI=1S/C38H33Cl2O2P/c1-4-6-28-10-22-37(41)35(24-28)36-25-29(7-5-2)11-23-38(36)42-26-43(32-16-8-27(3)9-17-32,33-18-12-30(39)13-19-33)34-20-14-31(40)15-21-34/h4-5,8-25H,1-2,6-7,26H2,3H3/p+1. The van der Waals surface area contributed by atoms with Crippen molar-refractivity contribution in [3.63, 3.8) is 0 Å². The molecule has 0 atom stereocenters. The first-order chi connectivity index (χ1) is 20.8. The molecule has 0 fully saturated rings. The van der Waals surface area contributed by atoms with Crippen LogP contribution >= 0.6 is 30.5 Å². The van der Waals surface area contributed by atoms with Crippen LogP contribution in [0.25, 0.3) is 11.1 Å². The highest BCUT2D eigenvalue weighted by Gasteiger charge is 2.47. The molecule has 2 nitrogen and oxygen atoms in total. The molecule has 0 aromatic heterocycles. The molecule has 0 amide bonds. The Morgan fingerprint density at radius 2 is 1.12 bits per heavy atom. The van der Waals surface area contributed by atoms with Gasteiger partial charge in [-0.15, -0.1) is 13.2 Å². The molecule has 0 spiro atoms. The molecule has 5 aromatic carbocycles. The first kappa shape index (κ1) is 30.6. The number of phenolic OH excluding ortho intramolecular Hbond substituents is 1. The summed E-state index contributed by atoms with van der Waals surface area (Å²) in [5, 5.41) is 15.8. The van der Waals surface area contributed by atoms with Gasteiger partial charge in [0.05, 0.1) is 0 Å². The van der Waals surface area contributed by atoms with E-state index in [4.69, 9.17) is 27.9 Å². The zero-order chi connectivity index (χ0) is 30.4. The van der Waals surface area contributed by atoms with Crippen molar-refractivity contribution in [2.75, 3.05) is 6.35 Å². The van der Waals surface area contributed by atoms with Crippen LogP contribution in [-0.2, 0) is 12.8 Å². The van der Waals surface area contributed by atoms with Crippen LogP contribution in [0, 0.1) is 6.92 Å². The second-order valence-electron chi connectivity index (χ2n) is 10.5. The molecule has 0 saturated heterocycles. The summed E-state index contributed by atoms with van der Waals surface area (Å²) in [6.07, 6.45) is 5.53. The van der Waals surface area contributed by atoms with Crippen molar-refractivity contribution in [2.24, 2.45) is 0 Å². The van der Waals surface area contributed by atoms with Crippen LogP contribution in [0.2, 0.25) is 10.0 Å². The quantitative estimate of drug-likeness (QED) is 0.117. The highest BCUT2D eigenvalue weighted by Crippen LogP contribution is 2.56. The molecule has 5 aromatic rings. The molecule has 0 aliphatic heterocycles. The number of phenols is 1. The van der Waals surface area contributed by atoms with E-state index >= 15 is 0 Å². The van der Waals surface area contributed by atoms with Crippen molar-refractivity contribution in [3.8, 4) is 22.6 Å². The van der Waals surface area contributed by atoms with Gasteiger partial charge in [-0.2, -0.15) is 0 Å². The maximum Gasteiger partial charge on any atom is 0.210 e. The topological polar surface area (TPSA) is 29.5 Å². The molecule has 216 valence electrons. The smallest absolute Gasteiger partial charge is 0.210 e. The van der Waals surface area contributed by atoms with Gasteiger partial charge in [-0.1, -0.05) is 65.2 Å². The summed E-state index contributed by atoms with van der Waals surface area (Å²) in [6, 6.07) is 36.7. The van der Waals surface area contributed by atoms with Gasteiger partial charge in [0, 0.05) is 21.2 Å². The number of aryl methyl sites for hydroxylation is 1. The van der Waals surface area contributed by atoms with Crippen molar-refractivity contribution < 1.29 is 9.84 Å². The summed E-state index contributed by atoms with van der Waals surface area (Å²) in [5.41, 5.74) is 4.88. The minimum atomic E-state index is -2.38. The molecule has 0 aliphatic rings. The Balaban J connectivity index is 1.70. The lowest BCUT2D eigenvalue weighted by atomic mass is 9.97. The Labute approximate surface area is 265 Å². The molecular weight excluding hydrogens is 590 g/mol. The lowest BCUT2D eigenvalue weighted by molar-refractivity contribution is 0.389. The van der Waals surface area contributed by atoms with Crippen LogP contribution < -0.4 is 20.7 Å². The van der Waals surface area contributed by atoms with Gasteiger partial charge >= 0.3 is 0 Å². The van der Waals surface area contributed by atoms with E-state index in [1.165, 1.54) is 10.9 Å². The van der Waals surface area contributed by atoms with Crippen LogP contribution in [0.3, 0.4) is 0 Å². The molecule has 5 rings (SSSR count). The summed E-state index contributed by atoms with van der Waals surface area (Å²) in [6.45, 7) is 9.90. The average Bonchev–Trinajstić information content (AvgIpc) is 3.01. The molecule has 0 heterocycles. The molecule has 0 bridgehead atoms. The fraction of sp³-hybridized carbons (Fsp3) is 0.105. The van der Waals surface area contributed by atoms with Gasteiger partial charge in [-0.25, -0.2) is 0 Å². The summed E-state index contributed by atoms with van der Waals surface area (Å²) in [7, 11) is -2.38. The maximum atomic E-state index is 11.0. The number of hydrogen-bond acceptors (Lipinski definition) is 2. The Bertz CT molecular complexity index is 1620. The Kier molecular flexibility index (Phi) is 9.73. The van der Waals surface area contributed by atoms with E-state index in [-0.39, 0.29) is 5.75 Å². The van der Waals surface area contributed by atoms with Gasteiger partial charge in [0.1, 0.15) is 27.4 Å². The van der Waals surface area contributed by atoms with E-state index in [0.717, 1.165) is 32.9 Å². The molecular formula is C38H34Cl2O2P+. The fourth-order valence-corrected chi connectivity index (χ4v) is 9.23. The SMILES string of the molecule is C=CCc1ccc(O)c(-c2cc(CC=C)ccc2OC[P+](c2ccc(C)cc2)(c2ccc(Cl)cc2)c2ccc(Cl)cc2)c1. The third-order valence-corrected chi connectivity index (χ3v) is 12.1. The van der Waals surface area contributed by atoms with Gasteiger partial charge in [-0.05, 0) is 116 Å². The molecule has 0 saturated carbocycles. The van der Waals surface area contributed by atoms with E-state index in [1.54, 1.807) is 6.07 Å². The van der Waals surface area contributed by atoms with Crippen molar-refractivity contribution in [2.45, 2.75) is 19.8 Å². The van der Waals surface area contributed by atoms with Crippen molar-refractivity contribution in [1.29, 1.82) is 0 Å². The van der Waals surface area contributed by atoms with Crippen molar-refractivity contribution in [1.82, 2.24) is 0 Å². The fourth-order valence-electron chi connectivity index (χ4n) is 5.33. The zero-order valence-corrected chi connectivity index (χ0v) is 26.5. The Morgan fingerprint density at radius 3 is 1.63 bits per heavy atom. The van der Waals surface area contributed by atoms with Gasteiger partial charge < -0.3 is 9.84 Å². The molecule has 0 radical (unpaired) electrons. The number of hydrogen-bond donors (Lipinski definition) is 1. The summed E-state index contributed by atoms with van der Waals surface area (Å²) in [4.78, 5) is 0. The van der Waals surface area contributed by atoms with Crippen LogP contribution in [0.4, 0.5) is 0 Å². The minimum absolute atomic E-state index is 0.198. The van der Waals surface area contributed by atoms with Crippen molar-refractivity contribution in [3.05, 3.63) is 161 Å². The molecule has 43 heavy (non-hydrogen) atoms. The van der Waals surface area contributed by atoms with Crippen molar-refractivity contribution >= 4 is 46.4 Å². The van der Waals surface area contributed by atoms with E-state index in [0.29, 0.717) is 35.0 Å². The summed E-state index contributed by atoms with van der Waals surface area (Å²) < 4.78 is 6.93. The van der Waals surface area contributed by atoms with Gasteiger partial charge in [0.25, 0.3) is 0 Å². The highest BCUT2D eigenvalue weighted by atomic mass is 35.5. The van der Waals surface area contributed by atoms with Crippen LogP contribution in [0.5, 0.6) is 11.5 Å². The number of ether oxygens (including phenoxy) is 1. The molecule has 5 heteroatoms. The third-order valence-electron chi connectivity index (χ3n) is 7.58. The maximum absolute atomic E-state index is 11.0. The zero-order valence-electron chi connectivity index (χ0n) is 24.1. The Hall–Kier alpha value is -3.81. The second kappa shape index (κ2) is 13.7. The number of halogens is 2. The number of aromatic hydroxyl groups is 1. The largest absolute Gasteiger partial charge is 0.507 e. The number of rotatable bonds is 11. The van der Waals surface area contributed by atoms with E-state index in [2.05, 4.69) is 80.7 Å². The Morgan fingerprint density at radius 1 is 0.651 bits per heavy atom. The lowest BCUT2D eigenvalue weighted by Crippen LogP contribution is -2.35. The molecule has 0 unspecified atom stereocenters. The number of benzene rings is 5. The average molecular weight is 625 g/mol. The molecule has 1 N–H and O–H groups in total. The predicted octanol–water partition coefficient (Wildman–Crippen LogP) is 9.46. The monoisotopic (exact) mass is 623 g/mol. The third kappa shape index (κ3) is 6.73. The van der Waals surface area contributed by atoms with Crippen LogP contribution in [-0.4, -0.2) is 11.5 Å². The van der Waals surface area contributed by atoms with Crippen LogP contribution in [0.15, 0.2) is 135 Å². The van der Waals surface area contributed by atoms with E-state index < -0.39 is 7.26 Å². The van der Waals surface area contributed by atoms with Crippen LogP contribution in [0.1, 0.15) is 16.7 Å². The van der Waals surface area contributed by atoms with Gasteiger partial charge in [0.2, 0.25) is 6.35 Å². The minimum Gasteiger partial charge on any atom is -0.507 e. The second-order valence-corrected chi connectivity index (χ2v) is 14.8. The van der Waals surface area contributed by atoms with Gasteiger partial charge in [0.15, 0.2) is 7.26 Å². The number of allylic oxidation sites excluding steroid dienone is 2. The first-order valence-corrected chi connectivity index (χ1v) is 16.8. The summed E-state index contributed by atoms with van der Waals surface area (Å²) >= 11 is 12.7. The molecule has 0 aliphatic carbocycles. The van der Waals surface area contributed by atoms with E-state index in [1.807, 2.05) is 54.6 Å². The summed E-state index contributed by atoms with van der Waals surface area (Å²) in [5.74, 6) is 0.890. The lowest BCUT2D eigenvalue weighted by Gasteiger charge is -2.28. The van der Waals surface area contributed by atoms with E-state index in [9.17, 15) is 5.11 Å². The normalized spacial score (nSPS) is 11.2. The highest BCUT2D eigenvalue weighted by molar-refractivity contribution is 7.95. The predicted molar refractivity (Wildman–Crippen MR) is 187 cm³/mol.